The molecule has 3 N–H and O–H groups in total. The van der Waals surface area contributed by atoms with Gasteiger partial charge in [-0.1, -0.05) is 0 Å². The third-order valence-corrected chi connectivity index (χ3v) is 5.53. The van der Waals surface area contributed by atoms with Gasteiger partial charge in [0, 0.05) is 31.6 Å². The van der Waals surface area contributed by atoms with E-state index in [-0.39, 0.29) is 11.5 Å². The number of amides is 1. The Morgan fingerprint density at radius 1 is 1.38 bits per heavy atom. The zero-order valence-corrected chi connectivity index (χ0v) is 14.7. The first kappa shape index (κ1) is 17.1. The molecule has 3 rings (SSSR count). The number of rotatable bonds is 6. The largest absolute Gasteiger partial charge is 0.354 e. The van der Waals surface area contributed by atoms with Gasteiger partial charge in [-0.3, -0.25) is 25.0 Å². The summed E-state index contributed by atoms with van der Waals surface area (Å²) >= 11 is 1.40. The molecule has 0 bridgehead atoms. The lowest BCUT2D eigenvalue weighted by Crippen LogP contribution is -2.32. The van der Waals surface area contributed by atoms with E-state index in [1.165, 1.54) is 11.3 Å². The Morgan fingerprint density at radius 3 is 2.88 bits per heavy atom. The molecular formula is C16H23N5O2S. The molecule has 1 saturated heterocycles. The van der Waals surface area contributed by atoms with Crippen LogP contribution in [0.3, 0.4) is 0 Å². The topological polar surface area (TPSA) is 88.0 Å². The number of carbonyl (C=O) groups is 1. The quantitative estimate of drug-likeness (QED) is 0.720. The third-order valence-electron chi connectivity index (χ3n) is 4.64. The number of hydrogen-bond acceptors (Lipinski definition) is 6. The van der Waals surface area contributed by atoms with Crippen LogP contribution in [0, 0.1) is 5.92 Å². The van der Waals surface area contributed by atoms with Gasteiger partial charge in [-0.05, 0) is 37.6 Å². The van der Waals surface area contributed by atoms with E-state index >= 15 is 0 Å². The van der Waals surface area contributed by atoms with Crippen molar-refractivity contribution >= 4 is 27.5 Å². The van der Waals surface area contributed by atoms with Gasteiger partial charge in [-0.25, -0.2) is 4.98 Å². The molecule has 7 nitrogen and oxygen atoms in total. The molecule has 1 aliphatic heterocycles. The number of nitrogens with one attached hydrogen (secondary N) is 3. The number of thiophene rings is 1. The number of hydrazine groups is 1. The van der Waals surface area contributed by atoms with Crippen LogP contribution in [-0.4, -0.2) is 34.1 Å². The molecule has 0 saturated carbocycles. The summed E-state index contributed by atoms with van der Waals surface area (Å²) in [5.74, 6) is 0.475. The fourth-order valence-electron chi connectivity index (χ4n) is 3.15. The predicted octanol–water partition coefficient (Wildman–Crippen LogP) is 0.855. The lowest BCUT2D eigenvalue weighted by atomic mass is 9.91. The highest BCUT2D eigenvalue weighted by Crippen LogP contribution is 2.19. The lowest BCUT2D eigenvalue weighted by molar-refractivity contribution is -0.121. The van der Waals surface area contributed by atoms with Crippen LogP contribution < -0.4 is 21.7 Å². The fraction of sp³-hybridized carbons (Fsp3) is 0.562. The summed E-state index contributed by atoms with van der Waals surface area (Å²) in [6, 6.07) is 2.58. The first-order valence-electron chi connectivity index (χ1n) is 8.26. The average Bonchev–Trinajstić information content (AvgIpc) is 3.15. The summed E-state index contributed by atoms with van der Waals surface area (Å²) in [5.41, 5.74) is 7.08. The van der Waals surface area contributed by atoms with Crippen molar-refractivity contribution < 1.29 is 4.79 Å². The molecule has 2 atom stereocenters. The second kappa shape index (κ2) is 7.42. The molecule has 2 aromatic heterocycles. The number of carbonyl (C=O) groups excluding carboxylic acids is 1. The van der Waals surface area contributed by atoms with Crippen molar-refractivity contribution in [3.05, 3.63) is 28.1 Å². The van der Waals surface area contributed by atoms with E-state index in [9.17, 15) is 9.59 Å². The van der Waals surface area contributed by atoms with E-state index in [0.717, 1.165) is 11.9 Å². The average molecular weight is 349 g/mol. The molecule has 1 aliphatic rings. The second-order valence-corrected chi connectivity index (χ2v) is 7.21. The van der Waals surface area contributed by atoms with Crippen molar-refractivity contribution in [3.8, 4) is 0 Å². The van der Waals surface area contributed by atoms with Gasteiger partial charge in [0.15, 0.2) is 0 Å². The third kappa shape index (κ3) is 3.66. The van der Waals surface area contributed by atoms with Crippen LogP contribution in [0.25, 0.3) is 10.2 Å². The fourth-order valence-corrected chi connectivity index (χ4v) is 3.94. The SMILES string of the molecule is CC1NNC(C)C1CCC(=O)NCCn1cnc2ccsc2c1=O. The molecular weight excluding hydrogens is 326 g/mol. The minimum atomic E-state index is -0.0463. The highest BCUT2D eigenvalue weighted by Gasteiger charge is 2.29. The van der Waals surface area contributed by atoms with Crippen molar-refractivity contribution in [2.24, 2.45) is 5.92 Å². The van der Waals surface area contributed by atoms with Crippen LogP contribution in [-0.2, 0) is 11.3 Å². The van der Waals surface area contributed by atoms with E-state index in [4.69, 9.17) is 0 Å². The smallest absolute Gasteiger partial charge is 0.271 e. The highest BCUT2D eigenvalue weighted by atomic mass is 32.1. The monoisotopic (exact) mass is 349 g/mol. The zero-order valence-electron chi connectivity index (χ0n) is 13.9. The summed E-state index contributed by atoms with van der Waals surface area (Å²) in [4.78, 5) is 28.5. The van der Waals surface area contributed by atoms with Gasteiger partial charge in [0.25, 0.3) is 5.56 Å². The van der Waals surface area contributed by atoms with Crippen molar-refractivity contribution in [2.75, 3.05) is 6.54 Å². The molecule has 2 aromatic rings. The minimum absolute atomic E-state index is 0.0273. The Hall–Kier alpha value is -1.77. The van der Waals surface area contributed by atoms with E-state index in [1.54, 1.807) is 10.9 Å². The number of nitrogens with zero attached hydrogens (tertiary/aromatic N) is 2. The van der Waals surface area contributed by atoms with E-state index < -0.39 is 0 Å². The molecule has 2 unspecified atom stereocenters. The molecule has 0 spiro atoms. The maximum atomic E-state index is 12.2. The van der Waals surface area contributed by atoms with Crippen LogP contribution >= 0.6 is 11.3 Å². The van der Waals surface area contributed by atoms with Crippen LogP contribution in [0.15, 0.2) is 22.6 Å². The number of aromatic nitrogens is 2. The molecule has 130 valence electrons. The summed E-state index contributed by atoms with van der Waals surface area (Å²) in [6.45, 7) is 5.12. The predicted molar refractivity (Wildman–Crippen MR) is 94.8 cm³/mol. The van der Waals surface area contributed by atoms with Crippen LogP contribution in [0.1, 0.15) is 26.7 Å². The van der Waals surface area contributed by atoms with Gasteiger partial charge < -0.3 is 5.32 Å². The Labute approximate surface area is 144 Å². The standard InChI is InChI=1S/C16H23N5O2S/c1-10-12(11(2)20-19-10)3-4-14(22)17-6-7-21-9-18-13-5-8-24-15(13)16(21)23/h5,8-12,19-20H,3-4,6-7H2,1-2H3,(H,17,22). The lowest BCUT2D eigenvalue weighted by Gasteiger charge is -2.17. The molecule has 24 heavy (non-hydrogen) atoms. The normalized spacial score (nSPS) is 23.7. The first-order chi connectivity index (χ1) is 11.6. The van der Waals surface area contributed by atoms with Gasteiger partial charge in [0.05, 0.1) is 11.8 Å². The molecule has 1 amide bonds. The summed E-state index contributed by atoms with van der Waals surface area (Å²) in [7, 11) is 0. The van der Waals surface area contributed by atoms with E-state index in [1.807, 2.05) is 11.4 Å². The van der Waals surface area contributed by atoms with Gasteiger partial charge >= 0.3 is 0 Å². The highest BCUT2D eigenvalue weighted by molar-refractivity contribution is 7.17. The van der Waals surface area contributed by atoms with Crippen molar-refractivity contribution in [2.45, 2.75) is 45.3 Å². The van der Waals surface area contributed by atoms with Crippen LogP contribution in [0.2, 0.25) is 0 Å². The van der Waals surface area contributed by atoms with Crippen LogP contribution in [0.4, 0.5) is 0 Å². The summed E-state index contributed by atoms with van der Waals surface area (Å²) < 4.78 is 2.21. The zero-order chi connectivity index (χ0) is 17.1. The molecule has 0 aliphatic carbocycles. The molecule has 0 radical (unpaired) electrons. The van der Waals surface area contributed by atoms with Gasteiger partial charge in [0.2, 0.25) is 5.91 Å². The molecule has 3 heterocycles. The van der Waals surface area contributed by atoms with Gasteiger partial charge in [0.1, 0.15) is 4.70 Å². The van der Waals surface area contributed by atoms with Gasteiger partial charge in [-0.2, -0.15) is 0 Å². The Kier molecular flexibility index (Phi) is 5.27. The van der Waals surface area contributed by atoms with E-state index in [0.29, 0.717) is 42.2 Å². The molecule has 1 fully saturated rings. The maximum Gasteiger partial charge on any atom is 0.271 e. The Bertz CT molecular complexity index is 761. The number of hydrogen-bond donors (Lipinski definition) is 3. The number of fused-ring (bicyclic) bond motifs is 1. The van der Waals surface area contributed by atoms with Gasteiger partial charge in [-0.15, -0.1) is 11.3 Å². The second-order valence-electron chi connectivity index (χ2n) is 6.30. The first-order valence-corrected chi connectivity index (χ1v) is 9.14. The van der Waals surface area contributed by atoms with Crippen LogP contribution in [0.5, 0.6) is 0 Å². The maximum absolute atomic E-state index is 12.2. The Morgan fingerprint density at radius 2 is 2.12 bits per heavy atom. The molecule has 0 aromatic carbocycles. The minimum Gasteiger partial charge on any atom is -0.354 e. The molecule has 8 heteroatoms. The van der Waals surface area contributed by atoms with Crippen molar-refractivity contribution in [1.29, 1.82) is 0 Å². The van der Waals surface area contributed by atoms with Crippen molar-refractivity contribution in [1.82, 2.24) is 25.7 Å². The van der Waals surface area contributed by atoms with Crippen molar-refractivity contribution in [3.63, 3.8) is 0 Å². The summed E-state index contributed by atoms with van der Waals surface area (Å²) in [5, 5.41) is 4.75. The van der Waals surface area contributed by atoms with E-state index in [2.05, 4.69) is 35.0 Å². The Balaban J connectivity index is 1.46. The summed E-state index contributed by atoms with van der Waals surface area (Å²) in [6.07, 6.45) is 2.89.